The van der Waals surface area contributed by atoms with Gasteiger partial charge in [0.15, 0.2) is 36.0 Å². The molecule has 0 saturated heterocycles. The van der Waals surface area contributed by atoms with Crippen molar-refractivity contribution < 1.29 is 46.2 Å². The van der Waals surface area contributed by atoms with Crippen LogP contribution in [0.2, 0.25) is 0 Å². The summed E-state index contributed by atoms with van der Waals surface area (Å²) in [7, 11) is 0. The predicted molar refractivity (Wildman–Crippen MR) is 132 cm³/mol. The van der Waals surface area contributed by atoms with Crippen LogP contribution >= 0.6 is 0 Å². The van der Waals surface area contributed by atoms with Crippen LogP contribution in [0, 0.1) is 0 Å². The topological polar surface area (TPSA) is 124 Å². The van der Waals surface area contributed by atoms with Gasteiger partial charge in [0.1, 0.15) is 6.61 Å². The summed E-state index contributed by atoms with van der Waals surface area (Å²) >= 11 is 0. The Hall–Kier alpha value is -3.99. The van der Waals surface area contributed by atoms with Crippen molar-refractivity contribution in [1.82, 2.24) is 9.55 Å². The van der Waals surface area contributed by atoms with Crippen LogP contribution in [0.15, 0.2) is 47.5 Å². The number of hydrogen-bond donors (Lipinski definition) is 2. The molecule has 11 heteroatoms. The number of esters is 1. The van der Waals surface area contributed by atoms with Crippen molar-refractivity contribution >= 4 is 16.9 Å². The van der Waals surface area contributed by atoms with Gasteiger partial charge in [-0.05, 0) is 24.6 Å². The normalized spacial score (nSPS) is 18.3. The number of aliphatic hydroxyl groups is 2. The Morgan fingerprint density at radius 3 is 2.69 bits per heavy atom. The van der Waals surface area contributed by atoms with Crippen LogP contribution in [0.1, 0.15) is 41.2 Å². The first-order valence-electron chi connectivity index (χ1n) is 12.4. The van der Waals surface area contributed by atoms with E-state index in [4.69, 9.17) is 19.2 Å². The molecule has 0 bridgehead atoms. The lowest BCUT2D eigenvalue weighted by Crippen LogP contribution is -3.00. The van der Waals surface area contributed by atoms with E-state index < -0.39 is 11.6 Å². The average Bonchev–Trinajstić information content (AvgIpc) is 3.54. The number of fused-ring (bicyclic) bond motifs is 6. The highest BCUT2D eigenvalue weighted by Gasteiger charge is 2.45. The first-order valence-corrected chi connectivity index (χ1v) is 12.4. The van der Waals surface area contributed by atoms with Crippen molar-refractivity contribution in [3.05, 3.63) is 80.9 Å². The van der Waals surface area contributed by atoms with Gasteiger partial charge in [0, 0.05) is 39.8 Å². The van der Waals surface area contributed by atoms with E-state index in [2.05, 4.69) is 0 Å². The van der Waals surface area contributed by atoms with Gasteiger partial charge in [-0.1, -0.05) is 6.92 Å². The number of rotatable bonds is 4. The molecule has 0 amide bonds. The lowest BCUT2D eigenvalue weighted by Gasteiger charge is -2.31. The van der Waals surface area contributed by atoms with Crippen LogP contribution in [0.25, 0.3) is 22.3 Å². The van der Waals surface area contributed by atoms with Gasteiger partial charge < -0.3 is 41.4 Å². The van der Waals surface area contributed by atoms with E-state index in [9.17, 15) is 19.8 Å². The lowest BCUT2D eigenvalue weighted by atomic mass is 9.86. The molecule has 7 rings (SSSR count). The Kier molecular flexibility index (Phi) is 5.87. The van der Waals surface area contributed by atoms with E-state index in [-0.39, 0.29) is 62.1 Å². The number of ether oxygens (including phenoxy) is 3. The zero-order valence-corrected chi connectivity index (χ0v) is 21.7. The highest BCUT2D eigenvalue weighted by Crippen LogP contribution is 2.43. The minimum Gasteiger partial charge on any atom is -1.00 e. The molecule has 6 heterocycles. The number of benzene rings is 1. The number of nitrogens with zero attached hydrogens (tertiary/aromatic N) is 3. The van der Waals surface area contributed by atoms with E-state index in [1.807, 2.05) is 41.2 Å². The van der Waals surface area contributed by atoms with Crippen LogP contribution < -0.4 is 32.0 Å². The number of pyridine rings is 3. The molecule has 0 aliphatic carbocycles. The van der Waals surface area contributed by atoms with Gasteiger partial charge in [0.05, 0.1) is 35.6 Å². The van der Waals surface area contributed by atoms with Gasteiger partial charge in [-0.3, -0.25) is 4.79 Å². The predicted octanol–water partition coefficient (Wildman–Crippen LogP) is -1.36. The summed E-state index contributed by atoms with van der Waals surface area (Å²) in [5.74, 6) is 0.464. The third kappa shape index (κ3) is 3.63. The van der Waals surface area contributed by atoms with Crippen molar-refractivity contribution in [2.24, 2.45) is 0 Å². The van der Waals surface area contributed by atoms with Crippen LogP contribution in [0.5, 0.6) is 11.5 Å². The number of cyclic esters (lactones) is 1. The quantitative estimate of drug-likeness (QED) is 0.208. The number of carbonyl (C=O) groups excluding carboxylic acids is 1. The molecule has 3 aliphatic heterocycles. The SMILES string of the molecule is CC[C@@]1(O)C(=O)OCc2c1cc1n(c2=O)Cc2c-1nc1cc3c(cc1c2C[n+]1cccc(CO)c1)OCO3.[Cl-]. The second kappa shape index (κ2) is 9.04. The molecule has 0 spiro atoms. The number of halogens is 1. The fourth-order valence-electron chi connectivity index (χ4n) is 5.68. The maximum atomic E-state index is 13.7. The standard InChI is InChI=1S/C28H24N3O7.ClH/c1-2-28(35)20-7-22-25-18(11-31(22)26(33)19(20)13-36-27(28)34)17(10-30-5-3-4-15(9-30)12-32)16-6-23-24(38-14-37-23)8-21(16)29-25;/h3-9,32,35H,2,10-14H2,1H3;1H/q+1;/p-1/t28-;/m0./s1. The maximum absolute atomic E-state index is 13.7. The molecule has 1 atom stereocenters. The molecule has 1 aromatic carbocycles. The zero-order valence-electron chi connectivity index (χ0n) is 20.9. The highest BCUT2D eigenvalue weighted by atomic mass is 35.5. The van der Waals surface area contributed by atoms with Crippen molar-refractivity contribution in [3.8, 4) is 22.9 Å². The Morgan fingerprint density at radius 1 is 1.13 bits per heavy atom. The van der Waals surface area contributed by atoms with E-state index in [0.717, 1.165) is 22.1 Å². The van der Waals surface area contributed by atoms with E-state index >= 15 is 0 Å². The van der Waals surface area contributed by atoms with Crippen molar-refractivity contribution in [2.75, 3.05) is 6.79 Å². The Labute approximate surface area is 228 Å². The molecule has 4 aromatic rings. The summed E-state index contributed by atoms with van der Waals surface area (Å²) in [6.07, 6.45) is 3.87. The zero-order chi connectivity index (χ0) is 26.2. The van der Waals surface area contributed by atoms with E-state index in [0.29, 0.717) is 34.9 Å². The molecule has 3 aromatic heterocycles. The molecule has 10 nitrogen and oxygen atoms in total. The smallest absolute Gasteiger partial charge is 0.343 e. The fourth-order valence-corrected chi connectivity index (χ4v) is 5.68. The van der Waals surface area contributed by atoms with E-state index in [1.54, 1.807) is 17.6 Å². The molecular formula is C28H24ClN3O7. The minimum absolute atomic E-state index is 0. The minimum atomic E-state index is -1.89. The number of hydrogen-bond acceptors (Lipinski definition) is 8. The lowest BCUT2D eigenvalue weighted by molar-refractivity contribution is -0.688. The summed E-state index contributed by atoms with van der Waals surface area (Å²) in [5, 5.41) is 21.7. The Bertz CT molecular complexity index is 1750. The maximum Gasteiger partial charge on any atom is 0.343 e. The number of carbonyl (C=O) groups is 1. The first-order chi connectivity index (χ1) is 18.4. The Morgan fingerprint density at radius 2 is 1.92 bits per heavy atom. The summed E-state index contributed by atoms with van der Waals surface area (Å²) < 4.78 is 20.0. The largest absolute Gasteiger partial charge is 1.00 e. The van der Waals surface area contributed by atoms with Crippen LogP contribution in [-0.4, -0.2) is 32.5 Å². The molecule has 0 fully saturated rings. The molecule has 0 saturated carbocycles. The second-order valence-corrected chi connectivity index (χ2v) is 9.79. The third-order valence-electron chi connectivity index (χ3n) is 7.74. The van der Waals surface area contributed by atoms with Crippen molar-refractivity contribution in [2.45, 2.75) is 45.2 Å². The van der Waals surface area contributed by atoms with Crippen LogP contribution in [-0.2, 0) is 41.4 Å². The Balaban J connectivity index is 0.00000277. The third-order valence-corrected chi connectivity index (χ3v) is 7.74. The van der Waals surface area contributed by atoms with Crippen LogP contribution in [0.4, 0.5) is 0 Å². The summed E-state index contributed by atoms with van der Waals surface area (Å²) in [5.41, 5.74) is 2.77. The molecule has 0 radical (unpaired) electrons. The first kappa shape index (κ1) is 25.3. The summed E-state index contributed by atoms with van der Waals surface area (Å²) in [6, 6.07) is 9.17. The van der Waals surface area contributed by atoms with Gasteiger partial charge in [-0.2, -0.15) is 0 Å². The second-order valence-electron chi connectivity index (χ2n) is 9.79. The van der Waals surface area contributed by atoms with Gasteiger partial charge >= 0.3 is 5.97 Å². The summed E-state index contributed by atoms with van der Waals surface area (Å²) in [6.45, 7) is 2.28. The van der Waals surface area contributed by atoms with Crippen LogP contribution in [0.3, 0.4) is 0 Å². The van der Waals surface area contributed by atoms with Gasteiger partial charge in [-0.15, -0.1) is 0 Å². The average molecular weight is 550 g/mol. The number of aromatic nitrogens is 3. The molecular weight excluding hydrogens is 526 g/mol. The highest BCUT2D eigenvalue weighted by molar-refractivity contribution is 5.91. The fraction of sp³-hybridized carbons (Fsp3) is 0.286. The molecule has 200 valence electrons. The van der Waals surface area contributed by atoms with Gasteiger partial charge in [0.2, 0.25) is 6.79 Å². The van der Waals surface area contributed by atoms with E-state index in [1.165, 1.54) is 0 Å². The van der Waals surface area contributed by atoms with Crippen molar-refractivity contribution in [1.29, 1.82) is 0 Å². The number of aliphatic hydroxyl groups excluding tert-OH is 1. The molecule has 0 unspecified atom stereocenters. The monoisotopic (exact) mass is 549 g/mol. The van der Waals surface area contributed by atoms with Gasteiger partial charge in [-0.25, -0.2) is 14.3 Å². The molecule has 39 heavy (non-hydrogen) atoms. The van der Waals surface area contributed by atoms with Gasteiger partial charge in [0.25, 0.3) is 5.56 Å². The molecule has 2 N–H and O–H groups in total. The summed E-state index contributed by atoms with van der Waals surface area (Å²) in [4.78, 5) is 31.1. The van der Waals surface area contributed by atoms with Crippen molar-refractivity contribution in [3.63, 3.8) is 0 Å². The molecule has 3 aliphatic rings.